The van der Waals surface area contributed by atoms with E-state index in [1.54, 1.807) is 6.26 Å². The van der Waals surface area contributed by atoms with Crippen molar-refractivity contribution in [3.63, 3.8) is 0 Å². The molecule has 0 spiro atoms. The smallest absolute Gasteiger partial charge is 0.104 e. The van der Waals surface area contributed by atoms with E-state index in [4.69, 9.17) is 9.15 Å². The number of benzene rings is 1. The minimum atomic E-state index is 0.0831. The molecule has 0 saturated carbocycles. The van der Waals surface area contributed by atoms with Gasteiger partial charge in [-0.15, -0.1) is 0 Å². The van der Waals surface area contributed by atoms with Gasteiger partial charge in [0, 0.05) is 26.0 Å². The fourth-order valence-electron chi connectivity index (χ4n) is 3.77. The maximum atomic E-state index is 5.91. The number of furan rings is 1. The third-order valence-corrected chi connectivity index (χ3v) is 4.89. The van der Waals surface area contributed by atoms with Crippen LogP contribution in [0.25, 0.3) is 0 Å². The number of aryl methyl sites for hydroxylation is 2. The van der Waals surface area contributed by atoms with E-state index in [9.17, 15) is 0 Å². The average molecular weight is 313 g/mol. The molecule has 1 N–H and O–H groups in total. The summed E-state index contributed by atoms with van der Waals surface area (Å²) in [5, 5.41) is 3.31. The van der Waals surface area contributed by atoms with Gasteiger partial charge in [-0.1, -0.05) is 18.2 Å². The third-order valence-electron chi connectivity index (χ3n) is 4.89. The minimum Gasteiger partial charge on any atom is -0.469 e. The highest BCUT2D eigenvalue weighted by molar-refractivity contribution is 5.35. The first-order valence-corrected chi connectivity index (χ1v) is 8.63. The monoisotopic (exact) mass is 313 g/mol. The zero-order valence-electron chi connectivity index (χ0n) is 14.2. The van der Waals surface area contributed by atoms with Crippen LogP contribution >= 0.6 is 0 Å². The van der Waals surface area contributed by atoms with Gasteiger partial charge in [0.1, 0.15) is 5.76 Å². The van der Waals surface area contributed by atoms with Crippen LogP contribution < -0.4 is 5.32 Å². The molecule has 124 valence electrons. The van der Waals surface area contributed by atoms with E-state index in [0.717, 1.165) is 18.7 Å². The molecule has 2 atom stereocenters. The number of rotatable bonds is 7. The number of fused-ring (bicyclic) bond motifs is 1. The molecule has 3 nitrogen and oxygen atoms in total. The number of methoxy groups -OCH3 is 1. The fraction of sp³-hybridized carbons (Fsp3) is 0.500. The van der Waals surface area contributed by atoms with Gasteiger partial charge >= 0.3 is 0 Å². The molecule has 1 aromatic carbocycles. The lowest BCUT2D eigenvalue weighted by molar-refractivity contribution is 0.0495. The highest BCUT2D eigenvalue weighted by Gasteiger charge is 2.25. The Balaban J connectivity index is 1.83. The molecule has 1 aliphatic rings. The molecule has 1 aromatic heterocycles. The molecule has 0 bridgehead atoms. The van der Waals surface area contributed by atoms with Crippen LogP contribution in [0.2, 0.25) is 0 Å². The third kappa shape index (κ3) is 3.85. The predicted molar refractivity (Wildman–Crippen MR) is 92.7 cm³/mol. The molecular formula is C20H27NO2. The maximum absolute atomic E-state index is 5.91. The van der Waals surface area contributed by atoms with Crippen LogP contribution in [0, 0.1) is 5.92 Å². The van der Waals surface area contributed by atoms with Gasteiger partial charge in [0.05, 0.1) is 12.4 Å². The van der Waals surface area contributed by atoms with Crippen LogP contribution in [0.3, 0.4) is 0 Å². The fourth-order valence-corrected chi connectivity index (χ4v) is 3.77. The van der Waals surface area contributed by atoms with Crippen molar-refractivity contribution in [1.82, 2.24) is 5.32 Å². The van der Waals surface area contributed by atoms with E-state index in [-0.39, 0.29) is 6.10 Å². The van der Waals surface area contributed by atoms with Crippen LogP contribution in [-0.2, 0) is 24.0 Å². The Morgan fingerprint density at radius 2 is 2.00 bits per heavy atom. The van der Waals surface area contributed by atoms with Gasteiger partial charge in [0.25, 0.3) is 0 Å². The summed E-state index contributed by atoms with van der Waals surface area (Å²) in [5.41, 5.74) is 4.32. The van der Waals surface area contributed by atoms with Crippen molar-refractivity contribution in [3.05, 3.63) is 59.0 Å². The maximum Gasteiger partial charge on any atom is 0.104 e. The Hall–Kier alpha value is -1.58. The lowest BCUT2D eigenvalue weighted by Crippen LogP contribution is -2.28. The SMILES string of the molecule is CNCC(Cc1ccco1)C(OC)c1ccc2c(c1)CCCC2. The normalized spacial score (nSPS) is 16.8. The van der Waals surface area contributed by atoms with Crippen LogP contribution in [0.1, 0.15) is 41.4 Å². The molecule has 0 fully saturated rings. The molecule has 23 heavy (non-hydrogen) atoms. The van der Waals surface area contributed by atoms with Gasteiger partial charge in [-0.3, -0.25) is 0 Å². The van der Waals surface area contributed by atoms with Crippen molar-refractivity contribution in [2.75, 3.05) is 20.7 Å². The zero-order valence-corrected chi connectivity index (χ0v) is 14.2. The topological polar surface area (TPSA) is 34.4 Å². The van der Waals surface area contributed by atoms with Crippen LogP contribution in [0.5, 0.6) is 0 Å². The Labute approximate surface area is 139 Å². The Morgan fingerprint density at radius 1 is 1.17 bits per heavy atom. The average Bonchev–Trinajstić information content (AvgIpc) is 3.09. The quantitative estimate of drug-likeness (QED) is 0.841. The van der Waals surface area contributed by atoms with E-state index in [1.807, 2.05) is 26.3 Å². The standard InChI is InChI=1S/C20H27NO2/c1-21-14-18(13-19-8-5-11-23-19)20(22-2)17-10-9-15-6-3-4-7-16(15)12-17/h5,8-12,18,20-21H,3-4,6-7,13-14H2,1-2H3. The number of hydrogen-bond acceptors (Lipinski definition) is 3. The van der Waals surface area contributed by atoms with Crippen LogP contribution in [0.15, 0.2) is 41.0 Å². The van der Waals surface area contributed by atoms with E-state index in [1.165, 1.54) is 42.4 Å². The summed E-state index contributed by atoms with van der Waals surface area (Å²) in [5.74, 6) is 1.36. The second-order valence-corrected chi connectivity index (χ2v) is 6.49. The Bertz CT molecular complexity index is 606. The molecule has 0 saturated heterocycles. The van der Waals surface area contributed by atoms with Gasteiger partial charge in [0.15, 0.2) is 0 Å². The first kappa shape index (κ1) is 16.3. The van der Waals surface area contributed by atoms with Gasteiger partial charge in [0.2, 0.25) is 0 Å². The van der Waals surface area contributed by atoms with Gasteiger partial charge in [-0.2, -0.15) is 0 Å². The molecule has 0 amide bonds. The summed E-state index contributed by atoms with van der Waals surface area (Å²) in [7, 11) is 3.81. The molecule has 3 rings (SSSR count). The minimum absolute atomic E-state index is 0.0831. The van der Waals surface area contributed by atoms with Crippen molar-refractivity contribution < 1.29 is 9.15 Å². The van der Waals surface area contributed by atoms with E-state index < -0.39 is 0 Å². The first-order chi connectivity index (χ1) is 11.3. The van der Waals surface area contributed by atoms with E-state index in [0.29, 0.717) is 5.92 Å². The number of ether oxygens (including phenoxy) is 1. The van der Waals surface area contributed by atoms with E-state index >= 15 is 0 Å². The summed E-state index contributed by atoms with van der Waals surface area (Å²) in [6, 6.07) is 10.9. The second-order valence-electron chi connectivity index (χ2n) is 6.49. The highest BCUT2D eigenvalue weighted by Crippen LogP contribution is 2.31. The lowest BCUT2D eigenvalue weighted by Gasteiger charge is -2.27. The second kappa shape index (κ2) is 7.80. The molecule has 0 radical (unpaired) electrons. The zero-order chi connectivity index (χ0) is 16.1. The Morgan fingerprint density at radius 3 is 2.70 bits per heavy atom. The van der Waals surface area contributed by atoms with Gasteiger partial charge in [-0.25, -0.2) is 0 Å². The van der Waals surface area contributed by atoms with Crippen molar-refractivity contribution in [2.45, 2.75) is 38.2 Å². The van der Waals surface area contributed by atoms with Gasteiger partial charge < -0.3 is 14.5 Å². The van der Waals surface area contributed by atoms with Crippen molar-refractivity contribution in [3.8, 4) is 0 Å². The summed E-state index contributed by atoms with van der Waals surface area (Å²) in [6.07, 6.45) is 7.76. The number of hydrogen-bond donors (Lipinski definition) is 1. The predicted octanol–water partition coefficient (Wildman–Crippen LogP) is 3.92. The molecule has 2 unspecified atom stereocenters. The largest absolute Gasteiger partial charge is 0.469 e. The lowest BCUT2D eigenvalue weighted by atomic mass is 9.86. The number of nitrogens with one attached hydrogen (secondary N) is 1. The molecule has 0 aliphatic heterocycles. The molecule has 1 aliphatic carbocycles. The van der Waals surface area contributed by atoms with E-state index in [2.05, 4.69) is 23.5 Å². The van der Waals surface area contributed by atoms with Gasteiger partial charge in [-0.05, 0) is 61.6 Å². The summed E-state index contributed by atoms with van der Waals surface area (Å²) < 4.78 is 11.5. The van der Waals surface area contributed by atoms with Crippen molar-refractivity contribution >= 4 is 0 Å². The molecule has 1 heterocycles. The summed E-state index contributed by atoms with van der Waals surface area (Å²) >= 11 is 0. The summed E-state index contributed by atoms with van der Waals surface area (Å²) in [6.45, 7) is 0.899. The molecular weight excluding hydrogens is 286 g/mol. The van der Waals surface area contributed by atoms with Crippen LogP contribution in [-0.4, -0.2) is 20.7 Å². The Kier molecular flexibility index (Phi) is 5.52. The first-order valence-electron chi connectivity index (χ1n) is 8.63. The van der Waals surface area contributed by atoms with Crippen LogP contribution in [0.4, 0.5) is 0 Å². The molecule has 3 heteroatoms. The van der Waals surface area contributed by atoms with Crippen molar-refractivity contribution in [1.29, 1.82) is 0 Å². The molecule has 2 aromatic rings. The highest BCUT2D eigenvalue weighted by atomic mass is 16.5. The summed E-state index contributed by atoms with van der Waals surface area (Å²) in [4.78, 5) is 0. The van der Waals surface area contributed by atoms with Crippen molar-refractivity contribution in [2.24, 2.45) is 5.92 Å².